The molecule has 0 bridgehead atoms. The molecule has 0 aliphatic carbocycles. The number of nitrogens with zero attached hydrogens (tertiary/aromatic N) is 3. The summed E-state index contributed by atoms with van der Waals surface area (Å²) in [7, 11) is 0. The predicted octanol–water partition coefficient (Wildman–Crippen LogP) is 2.89. The van der Waals surface area contributed by atoms with Crippen molar-refractivity contribution in [2.75, 3.05) is 5.43 Å². The topological polar surface area (TPSA) is 92.2 Å². The Kier molecular flexibility index (Phi) is 4.87. The summed E-state index contributed by atoms with van der Waals surface area (Å²) in [5.74, 6) is 0. The van der Waals surface area contributed by atoms with E-state index < -0.39 is 6.10 Å². The van der Waals surface area contributed by atoms with Crippen molar-refractivity contribution in [2.24, 2.45) is 5.10 Å². The van der Waals surface area contributed by atoms with Crippen molar-refractivity contribution in [3.05, 3.63) is 65.2 Å². The molecule has 0 amide bonds. The van der Waals surface area contributed by atoms with Crippen LogP contribution in [0.15, 0.2) is 53.6 Å². The van der Waals surface area contributed by atoms with Crippen LogP contribution in [0.4, 0.5) is 5.69 Å². The minimum absolute atomic E-state index is 0.277. The molecule has 0 aromatic heterocycles. The van der Waals surface area contributed by atoms with Crippen molar-refractivity contribution >= 4 is 11.4 Å². The monoisotopic (exact) mass is 290 g/mol. The molecule has 1 unspecified atom stereocenters. The molecule has 108 valence electrons. The van der Waals surface area contributed by atoms with Crippen molar-refractivity contribution < 1.29 is 5.11 Å². The number of hydrogen-bond donors (Lipinski definition) is 2. The van der Waals surface area contributed by atoms with E-state index in [-0.39, 0.29) is 5.71 Å². The molecular formula is C17H14N4O. The molecule has 0 saturated carbocycles. The normalized spacial score (nSPS) is 10.9. The predicted molar refractivity (Wildman–Crippen MR) is 84.0 cm³/mol. The molecule has 0 aliphatic rings. The van der Waals surface area contributed by atoms with E-state index in [9.17, 15) is 5.11 Å². The fourth-order valence-electron chi connectivity index (χ4n) is 2.02. The van der Waals surface area contributed by atoms with Gasteiger partial charge in [0.1, 0.15) is 18.2 Å². The average Bonchev–Trinajstić information content (AvgIpc) is 2.57. The minimum Gasteiger partial charge on any atom is -0.384 e. The number of aryl methyl sites for hydroxylation is 1. The van der Waals surface area contributed by atoms with Gasteiger partial charge in [0, 0.05) is 5.56 Å². The molecule has 2 N–H and O–H groups in total. The Morgan fingerprint density at radius 2 is 1.82 bits per heavy atom. The Bertz CT molecular complexity index is 753. The highest BCUT2D eigenvalue weighted by Crippen LogP contribution is 2.29. The van der Waals surface area contributed by atoms with Crippen LogP contribution in [0.1, 0.15) is 22.8 Å². The van der Waals surface area contributed by atoms with Gasteiger partial charge in [-0.1, -0.05) is 48.0 Å². The third-order valence-corrected chi connectivity index (χ3v) is 3.12. The molecule has 5 heteroatoms. The Morgan fingerprint density at radius 1 is 1.14 bits per heavy atom. The van der Waals surface area contributed by atoms with E-state index in [4.69, 9.17) is 10.5 Å². The van der Waals surface area contributed by atoms with E-state index in [0.29, 0.717) is 11.3 Å². The van der Waals surface area contributed by atoms with Gasteiger partial charge in [-0.25, -0.2) is 0 Å². The molecule has 0 spiro atoms. The van der Waals surface area contributed by atoms with Crippen LogP contribution in [0.2, 0.25) is 0 Å². The molecule has 0 heterocycles. The van der Waals surface area contributed by atoms with Crippen molar-refractivity contribution in [1.82, 2.24) is 0 Å². The minimum atomic E-state index is -0.827. The van der Waals surface area contributed by atoms with Crippen LogP contribution in [0.5, 0.6) is 0 Å². The molecule has 2 aromatic rings. The lowest BCUT2D eigenvalue weighted by atomic mass is 9.98. The molecule has 2 rings (SSSR count). The van der Waals surface area contributed by atoms with Crippen molar-refractivity contribution in [3.63, 3.8) is 0 Å². The second-order valence-corrected chi connectivity index (χ2v) is 4.70. The summed E-state index contributed by atoms with van der Waals surface area (Å²) in [6.07, 6.45) is -0.827. The lowest BCUT2D eigenvalue weighted by Gasteiger charge is -2.16. The summed E-state index contributed by atoms with van der Waals surface area (Å²) in [6, 6.07) is 18.0. The van der Waals surface area contributed by atoms with Gasteiger partial charge in [0.05, 0.1) is 5.69 Å². The van der Waals surface area contributed by atoms with Gasteiger partial charge in [-0.15, -0.1) is 0 Å². The average molecular weight is 290 g/mol. The number of aliphatic hydroxyl groups is 1. The number of hydrazone groups is 1. The van der Waals surface area contributed by atoms with Gasteiger partial charge < -0.3 is 5.11 Å². The number of hydrogen-bond acceptors (Lipinski definition) is 5. The molecule has 0 saturated heterocycles. The van der Waals surface area contributed by atoms with Gasteiger partial charge >= 0.3 is 0 Å². The maximum atomic E-state index is 10.6. The summed E-state index contributed by atoms with van der Waals surface area (Å²) < 4.78 is 0. The Hall–Kier alpha value is -3.15. The highest BCUT2D eigenvalue weighted by atomic mass is 16.3. The molecular weight excluding hydrogens is 276 g/mol. The number of anilines is 1. The highest BCUT2D eigenvalue weighted by molar-refractivity contribution is 6.10. The van der Waals surface area contributed by atoms with Crippen LogP contribution in [-0.4, -0.2) is 10.8 Å². The largest absolute Gasteiger partial charge is 0.384 e. The van der Waals surface area contributed by atoms with Crippen LogP contribution in [-0.2, 0) is 0 Å². The van der Waals surface area contributed by atoms with E-state index >= 15 is 0 Å². The van der Waals surface area contributed by atoms with Gasteiger partial charge in [-0.3, -0.25) is 5.43 Å². The first kappa shape index (κ1) is 15.2. The summed E-state index contributed by atoms with van der Waals surface area (Å²) in [6.45, 7) is 1.92. The van der Waals surface area contributed by atoms with Crippen molar-refractivity contribution in [3.8, 4) is 12.1 Å². The molecule has 5 nitrogen and oxygen atoms in total. The van der Waals surface area contributed by atoms with Gasteiger partial charge in [0.2, 0.25) is 5.71 Å². The summed E-state index contributed by atoms with van der Waals surface area (Å²) >= 11 is 0. The lowest BCUT2D eigenvalue weighted by molar-refractivity contribution is 0.221. The van der Waals surface area contributed by atoms with E-state index in [1.807, 2.05) is 49.4 Å². The van der Waals surface area contributed by atoms with E-state index in [0.717, 1.165) is 11.1 Å². The Labute approximate surface area is 128 Å². The molecule has 0 radical (unpaired) electrons. The van der Waals surface area contributed by atoms with Gasteiger partial charge in [-0.2, -0.15) is 15.6 Å². The van der Waals surface area contributed by atoms with Crippen LogP contribution in [0, 0.1) is 29.6 Å². The molecule has 22 heavy (non-hydrogen) atoms. The fourth-order valence-corrected chi connectivity index (χ4v) is 2.02. The second kappa shape index (κ2) is 7.03. The zero-order valence-electron chi connectivity index (χ0n) is 12.0. The maximum absolute atomic E-state index is 10.6. The number of nitriles is 2. The molecule has 2 aromatic carbocycles. The number of aliphatic hydroxyl groups excluding tert-OH is 1. The standard InChI is InChI=1S/C17H14N4O/c1-12-7-8-16(21-20-14(10-18)11-19)15(9-12)17(22)13-5-3-2-4-6-13/h2-9,17,21-22H,1H3. The highest BCUT2D eigenvalue weighted by Gasteiger charge is 2.14. The molecule has 1 atom stereocenters. The summed E-state index contributed by atoms with van der Waals surface area (Å²) in [5.41, 5.74) is 5.31. The van der Waals surface area contributed by atoms with Crippen molar-refractivity contribution in [1.29, 1.82) is 10.5 Å². The number of nitrogens with one attached hydrogen (secondary N) is 1. The quantitative estimate of drug-likeness (QED) is 0.669. The first-order valence-corrected chi connectivity index (χ1v) is 6.63. The zero-order valence-corrected chi connectivity index (χ0v) is 12.0. The van der Waals surface area contributed by atoms with Gasteiger partial charge in [0.15, 0.2) is 0 Å². The zero-order chi connectivity index (χ0) is 15.9. The van der Waals surface area contributed by atoms with Crippen LogP contribution >= 0.6 is 0 Å². The summed E-state index contributed by atoms with van der Waals surface area (Å²) in [4.78, 5) is 0. The fraction of sp³-hybridized carbons (Fsp3) is 0.118. The second-order valence-electron chi connectivity index (χ2n) is 4.70. The van der Waals surface area contributed by atoms with E-state index in [1.165, 1.54) is 0 Å². The first-order valence-electron chi connectivity index (χ1n) is 6.63. The maximum Gasteiger partial charge on any atom is 0.237 e. The van der Waals surface area contributed by atoms with Crippen LogP contribution < -0.4 is 5.43 Å². The van der Waals surface area contributed by atoms with Gasteiger partial charge in [0.25, 0.3) is 0 Å². The third-order valence-electron chi connectivity index (χ3n) is 3.12. The Balaban J connectivity index is 2.39. The van der Waals surface area contributed by atoms with Crippen LogP contribution in [0.3, 0.4) is 0 Å². The van der Waals surface area contributed by atoms with Gasteiger partial charge in [-0.05, 0) is 18.6 Å². The van der Waals surface area contributed by atoms with Crippen LogP contribution in [0.25, 0.3) is 0 Å². The first-order chi connectivity index (χ1) is 10.7. The Morgan fingerprint density at radius 3 is 2.45 bits per heavy atom. The lowest BCUT2D eigenvalue weighted by Crippen LogP contribution is -2.05. The molecule has 0 aliphatic heterocycles. The number of rotatable bonds is 4. The molecule has 0 fully saturated rings. The van der Waals surface area contributed by atoms with E-state index in [2.05, 4.69) is 10.5 Å². The van der Waals surface area contributed by atoms with E-state index in [1.54, 1.807) is 18.2 Å². The van der Waals surface area contributed by atoms with Crippen molar-refractivity contribution in [2.45, 2.75) is 13.0 Å². The smallest absolute Gasteiger partial charge is 0.237 e. The summed E-state index contributed by atoms with van der Waals surface area (Å²) in [5, 5.41) is 31.7. The number of benzene rings is 2. The SMILES string of the molecule is Cc1ccc(NN=C(C#N)C#N)c(C(O)c2ccccc2)c1. The third kappa shape index (κ3) is 3.49.